The van der Waals surface area contributed by atoms with Crippen LogP contribution in [-0.4, -0.2) is 51.2 Å². The Balaban J connectivity index is 1.76. The monoisotopic (exact) mass is 338 g/mol. The van der Waals surface area contributed by atoms with E-state index in [1.165, 1.54) is 31.4 Å². The second-order valence-electron chi connectivity index (χ2n) is 6.29. The molecule has 2 rings (SSSR count). The zero-order valence-corrected chi connectivity index (χ0v) is 14.7. The summed E-state index contributed by atoms with van der Waals surface area (Å²) in [5, 5.41) is 2.90. The highest BCUT2D eigenvalue weighted by Gasteiger charge is 2.17. The first-order valence-electron chi connectivity index (χ1n) is 8.20. The number of hydrogen-bond acceptors (Lipinski definition) is 4. The topological polar surface area (TPSA) is 66.5 Å². The van der Waals surface area contributed by atoms with E-state index in [1.54, 1.807) is 12.1 Å². The summed E-state index contributed by atoms with van der Waals surface area (Å²) in [4.78, 5) is 14.8. The van der Waals surface area contributed by atoms with Crippen molar-refractivity contribution in [2.45, 2.75) is 43.5 Å². The molecule has 0 unspecified atom stereocenters. The predicted octanol–water partition coefficient (Wildman–Crippen LogP) is 2.08. The smallest absolute Gasteiger partial charge is 0.251 e. The quantitative estimate of drug-likeness (QED) is 0.807. The molecule has 5 nitrogen and oxygen atoms in total. The highest BCUT2D eigenvalue weighted by atomic mass is 32.2. The molecular formula is C17H26N2O3S. The van der Waals surface area contributed by atoms with E-state index < -0.39 is 9.84 Å². The number of hydrogen-bond donors (Lipinski definition) is 1. The number of likely N-dealkylation sites (tertiary alicyclic amines) is 1. The van der Waals surface area contributed by atoms with Gasteiger partial charge in [-0.2, -0.15) is 0 Å². The first-order chi connectivity index (χ1) is 10.9. The van der Waals surface area contributed by atoms with E-state index in [1.807, 2.05) is 0 Å². The van der Waals surface area contributed by atoms with Gasteiger partial charge in [-0.15, -0.1) is 0 Å². The summed E-state index contributed by atoms with van der Waals surface area (Å²) in [6, 6.07) is 6.69. The third-order valence-corrected chi connectivity index (χ3v) is 5.52. The highest BCUT2D eigenvalue weighted by molar-refractivity contribution is 7.90. The Kier molecular flexibility index (Phi) is 6.18. The fourth-order valence-electron chi connectivity index (χ4n) is 2.93. The third-order valence-electron chi connectivity index (χ3n) is 4.39. The van der Waals surface area contributed by atoms with Gasteiger partial charge < -0.3 is 10.2 Å². The molecule has 0 radical (unpaired) electrons. The van der Waals surface area contributed by atoms with Crippen LogP contribution in [-0.2, 0) is 9.84 Å². The van der Waals surface area contributed by atoms with E-state index in [2.05, 4.69) is 17.1 Å². The molecule has 1 aliphatic heterocycles. The molecule has 0 spiro atoms. The fraction of sp³-hybridized carbons (Fsp3) is 0.588. The average Bonchev–Trinajstić information content (AvgIpc) is 2.52. The molecule has 1 amide bonds. The lowest BCUT2D eigenvalue weighted by Gasteiger charge is -2.33. The summed E-state index contributed by atoms with van der Waals surface area (Å²) < 4.78 is 22.8. The summed E-state index contributed by atoms with van der Waals surface area (Å²) in [6.45, 7) is 5.06. The third kappa shape index (κ3) is 5.32. The van der Waals surface area contributed by atoms with Crippen molar-refractivity contribution in [3.8, 4) is 0 Å². The molecule has 0 aliphatic carbocycles. The molecule has 23 heavy (non-hydrogen) atoms. The lowest BCUT2D eigenvalue weighted by molar-refractivity contribution is 0.0949. The number of rotatable bonds is 6. The lowest BCUT2D eigenvalue weighted by Crippen LogP contribution is -2.39. The highest BCUT2D eigenvalue weighted by Crippen LogP contribution is 2.16. The van der Waals surface area contributed by atoms with Gasteiger partial charge >= 0.3 is 0 Å². The maximum atomic E-state index is 12.0. The zero-order valence-electron chi connectivity index (χ0n) is 13.9. The van der Waals surface area contributed by atoms with Crippen molar-refractivity contribution in [3.05, 3.63) is 29.8 Å². The number of carbonyl (C=O) groups excluding carboxylic acids is 1. The minimum absolute atomic E-state index is 0.156. The Bertz CT molecular complexity index is 626. The number of carbonyl (C=O) groups is 1. The van der Waals surface area contributed by atoms with Crippen molar-refractivity contribution in [2.75, 3.05) is 25.9 Å². The number of nitrogens with zero attached hydrogens (tertiary/aromatic N) is 1. The largest absolute Gasteiger partial charge is 0.352 e. The molecule has 1 fully saturated rings. The number of amides is 1. The fourth-order valence-corrected chi connectivity index (χ4v) is 3.56. The lowest BCUT2D eigenvalue weighted by atomic mass is 10.0. The van der Waals surface area contributed by atoms with Crippen LogP contribution in [0.5, 0.6) is 0 Å². The van der Waals surface area contributed by atoms with Gasteiger partial charge in [0, 0.05) is 31.0 Å². The molecular weight excluding hydrogens is 312 g/mol. The first-order valence-corrected chi connectivity index (χ1v) is 10.1. The van der Waals surface area contributed by atoms with Gasteiger partial charge in [-0.1, -0.05) is 6.42 Å². The summed E-state index contributed by atoms with van der Waals surface area (Å²) in [6.07, 6.45) is 5.93. The van der Waals surface area contributed by atoms with Crippen molar-refractivity contribution < 1.29 is 13.2 Å². The van der Waals surface area contributed by atoms with Crippen LogP contribution in [0.15, 0.2) is 29.2 Å². The maximum absolute atomic E-state index is 12.0. The van der Waals surface area contributed by atoms with Crippen LogP contribution in [0.4, 0.5) is 0 Å². The van der Waals surface area contributed by atoms with E-state index in [9.17, 15) is 13.2 Å². The van der Waals surface area contributed by atoms with Gasteiger partial charge in [-0.25, -0.2) is 8.42 Å². The number of piperidine rings is 1. The van der Waals surface area contributed by atoms with E-state index in [4.69, 9.17) is 0 Å². The number of nitrogens with one attached hydrogen (secondary N) is 1. The second-order valence-corrected chi connectivity index (χ2v) is 8.30. The second kappa shape index (κ2) is 7.93. The molecule has 0 saturated carbocycles. The Morgan fingerprint density at radius 3 is 2.57 bits per heavy atom. The van der Waals surface area contributed by atoms with Crippen LogP contribution < -0.4 is 5.32 Å². The molecule has 6 heteroatoms. The number of benzene rings is 1. The van der Waals surface area contributed by atoms with Crippen molar-refractivity contribution in [1.82, 2.24) is 10.2 Å². The van der Waals surface area contributed by atoms with Gasteiger partial charge in [-0.05, 0) is 57.0 Å². The minimum Gasteiger partial charge on any atom is -0.352 e. The Morgan fingerprint density at radius 1 is 1.26 bits per heavy atom. The minimum atomic E-state index is -3.22. The summed E-state index contributed by atoms with van der Waals surface area (Å²) in [7, 11) is -3.22. The standard InChI is InChI=1S/C17H26N2O3S/c1-14-6-3-4-12-19(14)13-5-11-18-17(20)15-7-9-16(10-8-15)23(2,21)22/h7-10,14H,3-6,11-13H2,1-2H3,(H,18,20)/t14-/m0/s1. The van der Waals surface area contributed by atoms with Crippen LogP contribution in [0.3, 0.4) is 0 Å². The molecule has 128 valence electrons. The summed E-state index contributed by atoms with van der Waals surface area (Å²) in [5.41, 5.74) is 0.490. The Morgan fingerprint density at radius 2 is 1.96 bits per heavy atom. The zero-order chi connectivity index (χ0) is 16.9. The van der Waals surface area contributed by atoms with Crippen LogP contribution in [0.25, 0.3) is 0 Å². The molecule has 1 aliphatic rings. The summed E-state index contributed by atoms with van der Waals surface area (Å²) >= 11 is 0. The van der Waals surface area contributed by atoms with Crippen molar-refractivity contribution in [2.24, 2.45) is 0 Å². The average molecular weight is 338 g/mol. The Hall–Kier alpha value is -1.40. The van der Waals surface area contributed by atoms with Gasteiger partial charge in [0.25, 0.3) is 5.91 Å². The maximum Gasteiger partial charge on any atom is 0.251 e. The van der Waals surface area contributed by atoms with E-state index >= 15 is 0 Å². The van der Waals surface area contributed by atoms with Gasteiger partial charge in [0.2, 0.25) is 0 Å². The van der Waals surface area contributed by atoms with Crippen molar-refractivity contribution in [1.29, 1.82) is 0 Å². The molecule has 0 bridgehead atoms. The molecule has 1 aromatic carbocycles. The molecule has 1 atom stereocenters. The molecule has 1 heterocycles. The number of sulfone groups is 1. The SMILES string of the molecule is C[C@H]1CCCCN1CCCNC(=O)c1ccc(S(C)(=O)=O)cc1. The van der Waals surface area contributed by atoms with Crippen LogP contribution >= 0.6 is 0 Å². The first kappa shape index (κ1) is 17.9. The van der Waals surface area contributed by atoms with Crippen molar-refractivity contribution >= 4 is 15.7 Å². The van der Waals surface area contributed by atoms with E-state index in [0.717, 1.165) is 25.8 Å². The Labute approximate surface area is 139 Å². The molecule has 0 aromatic heterocycles. The van der Waals surface area contributed by atoms with Gasteiger partial charge in [-0.3, -0.25) is 4.79 Å². The molecule has 1 saturated heterocycles. The van der Waals surface area contributed by atoms with Gasteiger partial charge in [0.05, 0.1) is 4.90 Å². The van der Waals surface area contributed by atoms with Gasteiger partial charge in [0.15, 0.2) is 9.84 Å². The van der Waals surface area contributed by atoms with Crippen LogP contribution in [0.1, 0.15) is 43.0 Å². The van der Waals surface area contributed by atoms with E-state index in [-0.39, 0.29) is 10.8 Å². The van der Waals surface area contributed by atoms with Gasteiger partial charge in [0.1, 0.15) is 0 Å². The molecule has 1 N–H and O–H groups in total. The predicted molar refractivity (Wildman–Crippen MR) is 91.4 cm³/mol. The van der Waals surface area contributed by atoms with E-state index in [0.29, 0.717) is 18.2 Å². The van der Waals surface area contributed by atoms with Crippen LogP contribution in [0.2, 0.25) is 0 Å². The molecule has 1 aromatic rings. The summed E-state index contributed by atoms with van der Waals surface area (Å²) in [5.74, 6) is -0.156. The van der Waals surface area contributed by atoms with Crippen molar-refractivity contribution in [3.63, 3.8) is 0 Å². The normalized spacial score (nSPS) is 19.5. The van der Waals surface area contributed by atoms with Crippen LogP contribution in [0, 0.1) is 0 Å².